The van der Waals surface area contributed by atoms with Crippen molar-refractivity contribution in [3.8, 4) is 6.07 Å². The fourth-order valence-electron chi connectivity index (χ4n) is 4.32. The molecule has 2 atom stereocenters. The van der Waals surface area contributed by atoms with Crippen molar-refractivity contribution in [2.75, 3.05) is 0 Å². The first kappa shape index (κ1) is 23.6. The molecule has 1 aliphatic rings. The highest BCUT2D eigenvalue weighted by molar-refractivity contribution is 7.89. The van der Waals surface area contributed by atoms with E-state index in [-0.39, 0.29) is 10.6 Å². The molecule has 2 aromatic carbocycles. The third-order valence-corrected chi connectivity index (χ3v) is 7.88. The van der Waals surface area contributed by atoms with Crippen molar-refractivity contribution in [2.45, 2.75) is 42.7 Å². The number of non-ortho nitro benzene ring substituents is 1. The van der Waals surface area contributed by atoms with Gasteiger partial charge in [-0.3, -0.25) is 19.8 Å². The summed E-state index contributed by atoms with van der Waals surface area (Å²) in [5.74, 6) is 0.477. The van der Waals surface area contributed by atoms with Crippen molar-refractivity contribution in [1.82, 2.24) is 19.5 Å². The van der Waals surface area contributed by atoms with Gasteiger partial charge in [-0.25, -0.2) is 13.1 Å². The monoisotopic (exact) mass is 502 g/mol. The number of fused-ring (bicyclic) bond motifs is 1. The topological polar surface area (TPSA) is 144 Å². The second kappa shape index (κ2) is 9.14. The Morgan fingerprint density at radius 2 is 1.89 bits per heavy atom. The third kappa shape index (κ3) is 4.56. The van der Waals surface area contributed by atoms with E-state index in [0.717, 1.165) is 47.1 Å². The summed E-state index contributed by atoms with van der Waals surface area (Å²) in [7, 11) is -4.00. The van der Waals surface area contributed by atoms with Gasteiger partial charge >= 0.3 is 0 Å². The number of benzene rings is 2. The predicted octanol–water partition coefficient (Wildman–Crippen LogP) is 4.04. The zero-order valence-electron chi connectivity index (χ0n) is 19.3. The van der Waals surface area contributed by atoms with Crippen LogP contribution in [0.3, 0.4) is 0 Å². The van der Waals surface area contributed by atoms with Crippen molar-refractivity contribution in [1.29, 1.82) is 5.26 Å². The van der Waals surface area contributed by atoms with E-state index in [2.05, 4.69) is 20.9 Å². The third-order valence-electron chi connectivity index (χ3n) is 6.31. The van der Waals surface area contributed by atoms with E-state index < -0.39 is 27.0 Å². The van der Waals surface area contributed by atoms with Crippen molar-refractivity contribution in [2.24, 2.45) is 0 Å². The molecule has 2 heterocycles. The maximum atomic E-state index is 13.2. The van der Waals surface area contributed by atoms with Crippen LogP contribution in [0.5, 0.6) is 0 Å². The van der Waals surface area contributed by atoms with Gasteiger partial charge in [0.2, 0.25) is 10.0 Å². The molecular weight excluding hydrogens is 480 g/mol. The van der Waals surface area contributed by atoms with Gasteiger partial charge in [0.15, 0.2) is 0 Å². The van der Waals surface area contributed by atoms with Crippen molar-refractivity contribution >= 4 is 26.6 Å². The summed E-state index contributed by atoms with van der Waals surface area (Å²) in [5.41, 5.74) is 2.84. The average molecular weight is 503 g/mol. The molecule has 1 saturated carbocycles. The van der Waals surface area contributed by atoms with Crippen LogP contribution >= 0.6 is 0 Å². The fourth-order valence-corrected chi connectivity index (χ4v) is 5.57. The Morgan fingerprint density at radius 1 is 1.14 bits per heavy atom. The van der Waals surface area contributed by atoms with E-state index in [1.54, 1.807) is 42.2 Å². The summed E-state index contributed by atoms with van der Waals surface area (Å²) in [4.78, 5) is 14.9. The molecule has 182 valence electrons. The Hall–Kier alpha value is -4.14. The molecule has 2 aromatic heterocycles. The number of nitro groups is 1. The highest BCUT2D eigenvalue weighted by Crippen LogP contribution is 2.39. The van der Waals surface area contributed by atoms with Crippen molar-refractivity contribution < 1.29 is 13.3 Å². The lowest BCUT2D eigenvalue weighted by Crippen LogP contribution is -2.40. The normalized spacial score (nSPS) is 15.3. The van der Waals surface area contributed by atoms with Gasteiger partial charge in [0.25, 0.3) is 5.69 Å². The number of hydrogen-bond acceptors (Lipinski definition) is 7. The molecule has 0 saturated heterocycles. The molecule has 10 nitrogen and oxygen atoms in total. The van der Waals surface area contributed by atoms with Crippen LogP contribution in [0.4, 0.5) is 5.69 Å². The molecular formula is C25H22N6O4S. The van der Waals surface area contributed by atoms with Gasteiger partial charge in [-0.15, -0.1) is 0 Å². The van der Waals surface area contributed by atoms with Crippen LogP contribution in [0.2, 0.25) is 0 Å². The summed E-state index contributed by atoms with van der Waals surface area (Å²) < 4.78 is 30.8. The summed E-state index contributed by atoms with van der Waals surface area (Å²) in [6.07, 6.45) is 5.64. The highest BCUT2D eigenvalue weighted by atomic mass is 32.2. The molecule has 0 radical (unpaired) electrons. The Balaban J connectivity index is 1.52. The minimum atomic E-state index is -4.00. The summed E-state index contributed by atoms with van der Waals surface area (Å²) in [6.45, 7) is 1.74. The lowest BCUT2D eigenvalue weighted by atomic mass is 10.0. The minimum absolute atomic E-state index is 0.0788. The highest BCUT2D eigenvalue weighted by Gasteiger charge is 2.30. The van der Waals surface area contributed by atoms with Crippen LogP contribution in [0.1, 0.15) is 48.5 Å². The van der Waals surface area contributed by atoms with Crippen LogP contribution in [-0.2, 0) is 10.0 Å². The maximum absolute atomic E-state index is 13.2. The van der Waals surface area contributed by atoms with Gasteiger partial charge in [-0.1, -0.05) is 6.07 Å². The molecule has 5 rings (SSSR count). The zero-order valence-corrected chi connectivity index (χ0v) is 20.1. The predicted molar refractivity (Wildman–Crippen MR) is 132 cm³/mol. The number of nitrogens with one attached hydrogen (secondary N) is 1. The first-order valence-electron chi connectivity index (χ1n) is 11.4. The smallest absolute Gasteiger partial charge is 0.261 e. The summed E-state index contributed by atoms with van der Waals surface area (Å²) >= 11 is 0. The molecule has 11 heteroatoms. The number of pyridine rings is 1. The number of nitriles is 1. The number of hydrogen-bond donors (Lipinski definition) is 1. The van der Waals surface area contributed by atoms with E-state index >= 15 is 0 Å². The molecule has 36 heavy (non-hydrogen) atoms. The Morgan fingerprint density at radius 3 is 2.50 bits per heavy atom. The van der Waals surface area contributed by atoms with Crippen LogP contribution < -0.4 is 4.72 Å². The average Bonchev–Trinajstić information content (AvgIpc) is 3.65. The second-order valence-corrected chi connectivity index (χ2v) is 10.6. The van der Waals surface area contributed by atoms with E-state index in [4.69, 9.17) is 0 Å². The molecule has 0 amide bonds. The van der Waals surface area contributed by atoms with Crippen LogP contribution in [0.25, 0.3) is 10.9 Å². The van der Waals surface area contributed by atoms with E-state index in [1.165, 1.54) is 12.1 Å². The molecule has 0 unspecified atom stereocenters. The number of rotatable bonds is 8. The lowest BCUT2D eigenvalue weighted by Gasteiger charge is -2.26. The van der Waals surface area contributed by atoms with Crippen molar-refractivity contribution in [3.63, 3.8) is 0 Å². The summed E-state index contributed by atoms with van der Waals surface area (Å²) in [5, 5.41) is 25.5. The van der Waals surface area contributed by atoms with E-state index in [1.807, 2.05) is 12.1 Å². The molecule has 1 aliphatic carbocycles. The lowest BCUT2D eigenvalue weighted by molar-refractivity contribution is -0.384. The first-order chi connectivity index (χ1) is 17.3. The Bertz CT molecular complexity index is 1590. The molecule has 1 N–H and O–H groups in total. The molecule has 0 bridgehead atoms. The Kier molecular flexibility index (Phi) is 5.99. The summed E-state index contributed by atoms with van der Waals surface area (Å²) in [6, 6.07) is 14.8. The van der Waals surface area contributed by atoms with E-state index in [9.17, 15) is 23.8 Å². The quantitative estimate of drug-likeness (QED) is 0.283. The maximum Gasteiger partial charge on any atom is 0.269 e. The van der Waals surface area contributed by atoms with Gasteiger partial charge in [-0.05, 0) is 61.7 Å². The molecule has 0 spiro atoms. The largest absolute Gasteiger partial charge is 0.269 e. The molecule has 4 aromatic rings. The molecule has 0 aliphatic heterocycles. The van der Waals surface area contributed by atoms with Gasteiger partial charge in [0.1, 0.15) is 0 Å². The SMILES string of the molecule is C[C@H](NS(=O)(=O)c1ccc([N+](=O)[O-])cc1)[C@@H](c1ccc(C2CC2)nc1)n1ncc2cc(C#N)ccc21. The number of nitro benzene ring substituents is 1. The fraction of sp³-hybridized carbons (Fsp3) is 0.240. The van der Waals surface area contributed by atoms with Gasteiger partial charge in [0.05, 0.1) is 39.2 Å². The number of aromatic nitrogens is 3. The minimum Gasteiger partial charge on any atom is -0.261 e. The van der Waals surface area contributed by atoms with Gasteiger partial charge < -0.3 is 0 Å². The standard InChI is InChI=1S/C25H22N6O4S/c1-16(29-36(34,35)22-8-6-21(7-9-22)31(32)33)25(19-5-10-23(27-14-19)18-3-4-18)30-24-11-2-17(13-26)12-20(24)15-28-30/h2,5-12,14-16,18,25,29H,3-4H2,1H3/t16-,25-/m0/s1. The second-order valence-electron chi connectivity index (χ2n) is 8.87. The van der Waals surface area contributed by atoms with Gasteiger partial charge in [-0.2, -0.15) is 10.4 Å². The van der Waals surface area contributed by atoms with Crippen LogP contribution in [0.15, 0.2) is 71.9 Å². The van der Waals surface area contributed by atoms with Crippen molar-refractivity contribution in [3.05, 3.63) is 93.9 Å². The zero-order chi connectivity index (χ0) is 25.4. The van der Waals surface area contributed by atoms with Crippen LogP contribution in [0, 0.1) is 21.4 Å². The Labute approximate surface area is 207 Å². The first-order valence-corrected chi connectivity index (χ1v) is 12.8. The number of sulfonamides is 1. The number of nitrogens with zero attached hydrogens (tertiary/aromatic N) is 5. The molecule has 1 fully saturated rings. The van der Waals surface area contributed by atoms with E-state index in [0.29, 0.717) is 11.5 Å². The van der Waals surface area contributed by atoms with Crippen LogP contribution in [-0.4, -0.2) is 34.1 Å². The van der Waals surface area contributed by atoms with Gasteiger partial charge in [0, 0.05) is 41.4 Å².